The highest BCUT2D eigenvalue weighted by Crippen LogP contribution is 2.22. The smallest absolute Gasteiger partial charge is 0.129 e. The van der Waals surface area contributed by atoms with Crippen molar-refractivity contribution >= 4 is 0 Å². The first-order valence-corrected chi connectivity index (χ1v) is 5.49. The summed E-state index contributed by atoms with van der Waals surface area (Å²) in [5.74, 6) is 1.60. The van der Waals surface area contributed by atoms with Crippen LogP contribution in [-0.4, -0.2) is 23.6 Å². The van der Waals surface area contributed by atoms with E-state index in [4.69, 9.17) is 10.5 Å². The maximum Gasteiger partial charge on any atom is 0.129 e. The first-order valence-electron chi connectivity index (χ1n) is 5.49. The summed E-state index contributed by atoms with van der Waals surface area (Å²) in [6.45, 7) is 0.568. The third-order valence-electron chi connectivity index (χ3n) is 2.48. The molecule has 0 aliphatic rings. The lowest BCUT2D eigenvalue weighted by molar-refractivity contribution is 0.415. The second-order valence-electron chi connectivity index (χ2n) is 3.66. The predicted octanol–water partition coefficient (Wildman–Crippen LogP) is 1.65. The van der Waals surface area contributed by atoms with Gasteiger partial charge in [-0.3, -0.25) is 0 Å². The Morgan fingerprint density at radius 3 is 2.59 bits per heavy atom. The van der Waals surface area contributed by atoms with Crippen molar-refractivity contribution in [2.24, 2.45) is 5.73 Å². The van der Waals surface area contributed by atoms with Gasteiger partial charge < -0.3 is 10.5 Å². The molecule has 1 aromatic carbocycles. The van der Waals surface area contributed by atoms with Crippen LogP contribution in [0.5, 0.6) is 5.75 Å². The number of aromatic nitrogens is 2. The molecule has 0 fully saturated rings. The number of nitrogens with zero attached hydrogens (tertiary/aromatic N) is 2. The minimum absolute atomic E-state index is 0.568. The van der Waals surface area contributed by atoms with Crippen molar-refractivity contribution in [3.05, 3.63) is 42.5 Å². The molecule has 1 aromatic heterocycles. The van der Waals surface area contributed by atoms with Crippen LogP contribution in [0.2, 0.25) is 0 Å². The summed E-state index contributed by atoms with van der Waals surface area (Å²) in [4.78, 5) is 8.54. The Hall–Kier alpha value is -1.94. The summed E-state index contributed by atoms with van der Waals surface area (Å²) in [5.41, 5.74) is 7.47. The zero-order valence-corrected chi connectivity index (χ0v) is 9.76. The van der Waals surface area contributed by atoms with Crippen LogP contribution in [0.3, 0.4) is 0 Å². The van der Waals surface area contributed by atoms with Crippen molar-refractivity contribution in [2.75, 3.05) is 13.7 Å². The zero-order valence-electron chi connectivity index (χ0n) is 9.76. The van der Waals surface area contributed by atoms with Crippen LogP contribution in [0.1, 0.15) is 5.82 Å². The van der Waals surface area contributed by atoms with E-state index < -0.39 is 0 Å². The van der Waals surface area contributed by atoms with Crippen LogP contribution >= 0.6 is 0 Å². The number of benzene rings is 1. The van der Waals surface area contributed by atoms with Crippen LogP contribution in [0.4, 0.5) is 0 Å². The topological polar surface area (TPSA) is 61.0 Å². The number of methoxy groups -OCH3 is 1. The van der Waals surface area contributed by atoms with Gasteiger partial charge in [0.1, 0.15) is 11.6 Å². The molecule has 4 heteroatoms. The Morgan fingerprint density at radius 2 is 1.94 bits per heavy atom. The Bertz CT molecular complexity index is 482. The molecule has 4 nitrogen and oxygen atoms in total. The number of ether oxygens (including phenoxy) is 1. The molecule has 0 spiro atoms. The van der Waals surface area contributed by atoms with Gasteiger partial charge in [0.25, 0.3) is 0 Å². The van der Waals surface area contributed by atoms with Crippen LogP contribution in [-0.2, 0) is 6.42 Å². The third-order valence-corrected chi connectivity index (χ3v) is 2.48. The summed E-state index contributed by atoms with van der Waals surface area (Å²) in [7, 11) is 1.65. The second kappa shape index (κ2) is 5.41. The Kier molecular flexibility index (Phi) is 3.67. The van der Waals surface area contributed by atoms with Gasteiger partial charge in [0.2, 0.25) is 0 Å². The van der Waals surface area contributed by atoms with Gasteiger partial charge in [0.05, 0.1) is 7.11 Å². The van der Waals surface area contributed by atoms with Crippen molar-refractivity contribution in [3.8, 4) is 16.9 Å². The molecule has 0 radical (unpaired) electrons. The standard InChI is InChI=1S/C13H15N3O/c1-17-12-4-2-3-10(7-12)11-8-15-13(5-6-14)16-9-11/h2-4,7-9H,5-6,14H2,1H3. The maximum atomic E-state index is 5.45. The summed E-state index contributed by atoms with van der Waals surface area (Å²) in [6, 6.07) is 7.82. The van der Waals surface area contributed by atoms with Crippen molar-refractivity contribution in [3.63, 3.8) is 0 Å². The molecule has 0 saturated carbocycles. The lowest BCUT2D eigenvalue weighted by Gasteiger charge is -2.04. The predicted molar refractivity (Wildman–Crippen MR) is 66.8 cm³/mol. The van der Waals surface area contributed by atoms with E-state index in [1.54, 1.807) is 7.11 Å². The average Bonchev–Trinajstić information content (AvgIpc) is 2.40. The molecular weight excluding hydrogens is 214 g/mol. The molecule has 0 atom stereocenters. The Balaban J connectivity index is 2.26. The highest BCUT2D eigenvalue weighted by molar-refractivity contribution is 5.63. The first kappa shape index (κ1) is 11.5. The fourth-order valence-electron chi connectivity index (χ4n) is 1.56. The second-order valence-corrected chi connectivity index (χ2v) is 3.66. The fraction of sp³-hybridized carbons (Fsp3) is 0.231. The highest BCUT2D eigenvalue weighted by Gasteiger charge is 2.01. The number of hydrogen-bond acceptors (Lipinski definition) is 4. The van der Waals surface area contributed by atoms with E-state index in [9.17, 15) is 0 Å². The minimum atomic E-state index is 0.568. The van der Waals surface area contributed by atoms with E-state index >= 15 is 0 Å². The molecule has 2 aromatic rings. The van der Waals surface area contributed by atoms with Crippen molar-refractivity contribution < 1.29 is 4.74 Å². The summed E-state index contributed by atoms with van der Waals surface area (Å²) in [5, 5.41) is 0. The molecule has 0 bridgehead atoms. The molecule has 0 saturated heterocycles. The lowest BCUT2D eigenvalue weighted by Crippen LogP contribution is -2.06. The molecule has 0 aliphatic heterocycles. The molecule has 0 amide bonds. The van der Waals surface area contributed by atoms with Crippen LogP contribution < -0.4 is 10.5 Å². The van der Waals surface area contributed by atoms with E-state index in [1.165, 1.54) is 0 Å². The molecule has 2 rings (SSSR count). The normalized spacial score (nSPS) is 10.2. The molecule has 1 heterocycles. The largest absolute Gasteiger partial charge is 0.497 e. The van der Waals surface area contributed by atoms with Crippen molar-refractivity contribution in [2.45, 2.75) is 6.42 Å². The monoisotopic (exact) mass is 229 g/mol. The van der Waals surface area contributed by atoms with E-state index in [-0.39, 0.29) is 0 Å². The van der Waals surface area contributed by atoms with E-state index in [0.717, 1.165) is 22.7 Å². The van der Waals surface area contributed by atoms with E-state index in [0.29, 0.717) is 13.0 Å². The molecule has 17 heavy (non-hydrogen) atoms. The molecular formula is C13H15N3O. The van der Waals surface area contributed by atoms with Gasteiger partial charge in [-0.1, -0.05) is 12.1 Å². The average molecular weight is 229 g/mol. The Morgan fingerprint density at radius 1 is 1.18 bits per heavy atom. The van der Waals surface area contributed by atoms with Crippen LogP contribution in [0.25, 0.3) is 11.1 Å². The quantitative estimate of drug-likeness (QED) is 0.866. The van der Waals surface area contributed by atoms with Gasteiger partial charge in [0, 0.05) is 24.4 Å². The van der Waals surface area contributed by atoms with Gasteiger partial charge in [-0.05, 0) is 24.2 Å². The zero-order chi connectivity index (χ0) is 12.1. The highest BCUT2D eigenvalue weighted by atomic mass is 16.5. The SMILES string of the molecule is COc1cccc(-c2cnc(CCN)nc2)c1. The van der Waals surface area contributed by atoms with Gasteiger partial charge in [-0.25, -0.2) is 9.97 Å². The van der Waals surface area contributed by atoms with Crippen molar-refractivity contribution in [1.29, 1.82) is 0 Å². The van der Waals surface area contributed by atoms with Gasteiger partial charge in [-0.2, -0.15) is 0 Å². The molecule has 0 unspecified atom stereocenters. The minimum Gasteiger partial charge on any atom is -0.497 e. The van der Waals surface area contributed by atoms with Crippen LogP contribution in [0, 0.1) is 0 Å². The van der Waals surface area contributed by atoms with E-state index in [1.807, 2.05) is 36.7 Å². The summed E-state index contributed by atoms with van der Waals surface area (Å²) >= 11 is 0. The van der Waals surface area contributed by atoms with Gasteiger partial charge >= 0.3 is 0 Å². The van der Waals surface area contributed by atoms with Gasteiger partial charge in [-0.15, -0.1) is 0 Å². The number of hydrogen-bond donors (Lipinski definition) is 1. The van der Waals surface area contributed by atoms with Crippen LogP contribution in [0.15, 0.2) is 36.7 Å². The molecule has 2 N–H and O–H groups in total. The molecule has 88 valence electrons. The lowest BCUT2D eigenvalue weighted by atomic mass is 10.1. The summed E-state index contributed by atoms with van der Waals surface area (Å²) in [6.07, 6.45) is 4.33. The third kappa shape index (κ3) is 2.79. The number of rotatable bonds is 4. The Labute approximate surface area is 100 Å². The summed E-state index contributed by atoms with van der Waals surface area (Å²) < 4.78 is 5.18. The fourth-order valence-corrected chi connectivity index (χ4v) is 1.56. The number of nitrogens with two attached hydrogens (primary N) is 1. The van der Waals surface area contributed by atoms with Gasteiger partial charge in [0.15, 0.2) is 0 Å². The van der Waals surface area contributed by atoms with E-state index in [2.05, 4.69) is 9.97 Å². The maximum absolute atomic E-state index is 5.45. The van der Waals surface area contributed by atoms with Crippen molar-refractivity contribution in [1.82, 2.24) is 9.97 Å². The first-order chi connectivity index (χ1) is 8.33. The molecule has 0 aliphatic carbocycles.